The molecular formula is C22H28N4O3. The Hall–Kier alpha value is -2.35. The number of likely N-dealkylation sites (tertiary alicyclic amines) is 1. The summed E-state index contributed by atoms with van der Waals surface area (Å²) in [6, 6.07) is 7.32. The summed E-state index contributed by atoms with van der Waals surface area (Å²) in [5, 5.41) is 11.1. The Balaban J connectivity index is 1.49. The van der Waals surface area contributed by atoms with Gasteiger partial charge < -0.3 is 14.7 Å². The zero-order chi connectivity index (χ0) is 20.3. The lowest BCUT2D eigenvalue weighted by atomic mass is 9.87. The van der Waals surface area contributed by atoms with E-state index < -0.39 is 5.60 Å². The first kappa shape index (κ1) is 19.9. The number of hydrogen-bond donors (Lipinski definition) is 1. The van der Waals surface area contributed by atoms with Crippen molar-refractivity contribution in [2.24, 2.45) is 0 Å². The molecule has 0 aromatic carbocycles. The summed E-state index contributed by atoms with van der Waals surface area (Å²) < 4.78 is 5.47. The molecule has 4 heterocycles. The maximum Gasteiger partial charge on any atom is 0.244 e. The standard InChI is InChI=1S/C22H28N4O3/c1-17-4-5-19(24-15-17)22(28)6-9-26(10-7-22)21(27)20(18-3-2-8-23-16-18)25-11-13-29-14-12-25/h2-5,8,15-16,20,28H,6-7,9-14H2,1H3/t20-/m0/s1. The molecule has 0 aliphatic carbocycles. The number of rotatable bonds is 4. The number of aromatic nitrogens is 2. The zero-order valence-corrected chi connectivity index (χ0v) is 16.8. The van der Waals surface area contributed by atoms with Gasteiger partial charge in [0, 0.05) is 44.8 Å². The molecule has 7 nitrogen and oxygen atoms in total. The lowest BCUT2D eigenvalue weighted by Gasteiger charge is -2.41. The van der Waals surface area contributed by atoms with Gasteiger partial charge in [-0.2, -0.15) is 0 Å². The number of morpholine rings is 1. The minimum atomic E-state index is -0.979. The molecule has 0 spiro atoms. The molecule has 1 amide bonds. The summed E-state index contributed by atoms with van der Waals surface area (Å²) in [5.74, 6) is 0.0683. The van der Waals surface area contributed by atoms with Gasteiger partial charge in [0.2, 0.25) is 5.91 Å². The summed E-state index contributed by atoms with van der Waals surface area (Å²) in [4.78, 5) is 26.2. The van der Waals surface area contributed by atoms with Crippen molar-refractivity contribution in [3.63, 3.8) is 0 Å². The summed E-state index contributed by atoms with van der Waals surface area (Å²) in [5.41, 5.74) is 1.68. The lowest BCUT2D eigenvalue weighted by Crippen LogP contribution is -2.51. The topological polar surface area (TPSA) is 78.8 Å². The number of piperidine rings is 1. The van der Waals surface area contributed by atoms with E-state index in [1.165, 1.54) is 0 Å². The predicted octanol–water partition coefficient (Wildman–Crippen LogP) is 1.67. The van der Waals surface area contributed by atoms with Crippen LogP contribution in [0.5, 0.6) is 0 Å². The molecule has 1 N–H and O–H groups in total. The van der Waals surface area contributed by atoms with Crippen molar-refractivity contribution < 1.29 is 14.6 Å². The molecule has 7 heteroatoms. The van der Waals surface area contributed by atoms with Crippen molar-refractivity contribution in [2.45, 2.75) is 31.4 Å². The lowest BCUT2D eigenvalue weighted by molar-refractivity contribution is -0.143. The normalized spacial score (nSPS) is 21.0. The van der Waals surface area contributed by atoms with Gasteiger partial charge in [0.25, 0.3) is 0 Å². The number of pyridine rings is 2. The SMILES string of the molecule is Cc1ccc(C2(O)CCN(C(=O)[C@H](c3cccnc3)N3CCOCC3)CC2)nc1. The third kappa shape index (κ3) is 4.32. The van der Waals surface area contributed by atoms with E-state index in [9.17, 15) is 9.90 Å². The van der Waals surface area contributed by atoms with Crippen LogP contribution < -0.4 is 0 Å². The van der Waals surface area contributed by atoms with Crippen LogP contribution in [0.1, 0.15) is 35.7 Å². The van der Waals surface area contributed by atoms with Gasteiger partial charge in [0.1, 0.15) is 11.6 Å². The summed E-state index contributed by atoms with van der Waals surface area (Å²) in [6.07, 6.45) is 6.24. The second kappa shape index (κ2) is 8.57. The number of aryl methyl sites for hydroxylation is 1. The highest BCUT2D eigenvalue weighted by molar-refractivity contribution is 5.83. The third-order valence-corrected chi connectivity index (χ3v) is 5.94. The third-order valence-electron chi connectivity index (χ3n) is 5.94. The quantitative estimate of drug-likeness (QED) is 0.847. The fraction of sp³-hybridized carbons (Fsp3) is 0.500. The smallest absolute Gasteiger partial charge is 0.244 e. The van der Waals surface area contributed by atoms with E-state index in [0.29, 0.717) is 44.8 Å². The van der Waals surface area contributed by atoms with Gasteiger partial charge in [-0.05, 0) is 43.0 Å². The molecular weight excluding hydrogens is 368 g/mol. The first-order chi connectivity index (χ1) is 14.1. The van der Waals surface area contributed by atoms with Crippen LogP contribution in [0.4, 0.5) is 0 Å². The van der Waals surface area contributed by atoms with Crippen LogP contribution in [0, 0.1) is 6.92 Å². The Kier molecular flexibility index (Phi) is 5.89. The first-order valence-electron chi connectivity index (χ1n) is 10.2. The van der Waals surface area contributed by atoms with Crippen LogP contribution in [0.25, 0.3) is 0 Å². The van der Waals surface area contributed by atoms with E-state index in [4.69, 9.17) is 4.74 Å². The van der Waals surface area contributed by atoms with Crippen LogP contribution in [0.2, 0.25) is 0 Å². The van der Waals surface area contributed by atoms with Crippen LogP contribution in [-0.2, 0) is 15.1 Å². The van der Waals surface area contributed by atoms with Gasteiger partial charge in [-0.15, -0.1) is 0 Å². The van der Waals surface area contributed by atoms with Crippen LogP contribution in [0.3, 0.4) is 0 Å². The van der Waals surface area contributed by atoms with E-state index >= 15 is 0 Å². The maximum atomic E-state index is 13.5. The molecule has 2 aliphatic rings. The molecule has 4 rings (SSSR count). The predicted molar refractivity (Wildman–Crippen MR) is 108 cm³/mol. The Morgan fingerprint density at radius 1 is 1.14 bits per heavy atom. The fourth-order valence-electron chi connectivity index (χ4n) is 4.15. The molecule has 0 saturated carbocycles. The maximum absolute atomic E-state index is 13.5. The van der Waals surface area contributed by atoms with E-state index in [1.54, 1.807) is 18.6 Å². The number of hydrogen-bond acceptors (Lipinski definition) is 6. The first-order valence-corrected chi connectivity index (χ1v) is 10.2. The van der Waals surface area contributed by atoms with Gasteiger partial charge in [-0.25, -0.2) is 0 Å². The molecule has 1 atom stereocenters. The highest BCUT2D eigenvalue weighted by Crippen LogP contribution is 2.33. The number of carbonyl (C=O) groups is 1. The molecule has 2 saturated heterocycles. The van der Waals surface area contributed by atoms with Gasteiger partial charge in [-0.3, -0.25) is 19.7 Å². The van der Waals surface area contributed by atoms with Gasteiger partial charge in [-0.1, -0.05) is 12.1 Å². The minimum Gasteiger partial charge on any atom is -0.383 e. The molecule has 154 valence electrons. The average Bonchev–Trinajstić information content (AvgIpc) is 2.76. The van der Waals surface area contributed by atoms with Crippen molar-refractivity contribution >= 4 is 5.91 Å². The summed E-state index contributed by atoms with van der Waals surface area (Å²) >= 11 is 0. The largest absolute Gasteiger partial charge is 0.383 e. The van der Waals surface area contributed by atoms with Gasteiger partial charge in [0.15, 0.2) is 0 Å². The second-order valence-corrected chi connectivity index (χ2v) is 7.91. The molecule has 0 radical (unpaired) electrons. The van der Waals surface area contributed by atoms with Crippen molar-refractivity contribution in [1.82, 2.24) is 19.8 Å². The number of carbonyl (C=O) groups excluding carboxylic acids is 1. The van der Waals surface area contributed by atoms with E-state index in [0.717, 1.165) is 24.2 Å². The Morgan fingerprint density at radius 3 is 2.52 bits per heavy atom. The Labute approximate surface area is 171 Å². The van der Waals surface area contributed by atoms with Crippen molar-refractivity contribution in [1.29, 1.82) is 0 Å². The Morgan fingerprint density at radius 2 is 1.90 bits per heavy atom. The average molecular weight is 396 g/mol. The van der Waals surface area contributed by atoms with E-state index in [2.05, 4.69) is 14.9 Å². The molecule has 29 heavy (non-hydrogen) atoms. The molecule has 2 aromatic heterocycles. The number of nitrogens with zero attached hydrogens (tertiary/aromatic N) is 4. The second-order valence-electron chi connectivity index (χ2n) is 7.91. The van der Waals surface area contributed by atoms with Crippen LogP contribution in [0.15, 0.2) is 42.9 Å². The zero-order valence-electron chi connectivity index (χ0n) is 16.8. The van der Waals surface area contributed by atoms with E-state index in [-0.39, 0.29) is 11.9 Å². The van der Waals surface area contributed by atoms with Crippen molar-refractivity contribution in [3.05, 3.63) is 59.7 Å². The van der Waals surface area contributed by atoms with Crippen LogP contribution >= 0.6 is 0 Å². The molecule has 2 aliphatic heterocycles. The van der Waals surface area contributed by atoms with Crippen molar-refractivity contribution in [3.8, 4) is 0 Å². The molecule has 2 fully saturated rings. The monoisotopic (exact) mass is 396 g/mol. The number of aliphatic hydroxyl groups is 1. The highest BCUT2D eigenvalue weighted by atomic mass is 16.5. The van der Waals surface area contributed by atoms with Gasteiger partial charge in [0.05, 0.1) is 18.9 Å². The minimum absolute atomic E-state index is 0.0683. The van der Waals surface area contributed by atoms with Gasteiger partial charge >= 0.3 is 0 Å². The molecule has 2 aromatic rings. The fourth-order valence-corrected chi connectivity index (χ4v) is 4.15. The van der Waals surface area contributed by atoms with Crippen molar-refractivity contribution in [2.75, 3.05) is 39.4 Å². The number of amides is 1. The van der Waals surface area contributed by atoms with Crippen LogP contribution in [-0.4, -0.2) is 70.2 Å². The summed E-state index contributed by atoms with van der Waals surface area (Å²) in [6.45, 7) is 5.68. The number of ether oxygens (including phenoxy) is 1. The molecule has 0 bridgehead atoms. The molecule has 0 unspecified atom stereocenters. The van der Waals surface area contributed by atoms with E-state index in [1.807, 2.05) is 36.1 Å². The highest BCUT2D eigenvalue weighted by Gasteiger charge is 2.39. The summed E-state index contributed by atoms with van der Waals surface area (Å²) in [7, 11) is 0. The Bertz CT molecular complexity index is 814.